The lowest BCUT2D eigenvalue weighted by atomic mass is 10.1. The average molecular weight is 762 g/mol. The number of ether oxygens (including phenoxy) is 2. The standard InChI is InChI=1S/C42H68NO9P/c1-3-5-7-9-11-13-15-17-19-20-21-22-24-26-28-30-32-34-41(44)52-39(37-50-53(47,48)51-38-40(43)42(45)46)36-49-35-33-31-29-27-25-23-18-16-14-12-10-8-6-4-2/h5-8,11-14,17-19,21-23,27,29,39-40H,3-4,9-10,15-16,20,24-26,28,30-38,43H2,1-2H3,(H,45,46)(H,47,48)/b7-5-,8-6-,13-11-,14-12-,19-17-,22-21-,23-18-,29-27-. The number of allylic oxidation sites excluding steroid dienone is 16. The van der Waals surface area contributed by atoms with Crippen LogP contribution in [0.25, 0.3) is 0 Å². The molecule has 0 aromatic heterocycles. The zero-order valence-corrected chi connectivity index (χ0v) is 33.2. The summed E-state index contributed by atoms with van der Waals surface area (Å²) in [7, 11) is -4.64. The number of aliphatic carboxylic acids is 1. The van der Waals surface area contributed by atoms with E-state index in [1.807, 2.05) is 0 Å². The fourth-order valence-electron chi connectivity index (χ4n) is 4.42. The van der Waals surface area contributed by atoms with Crippen molar-refractivity contribution in [2.24, 2.45) is 5.73 Å². The fourth-order valence-corrected chi connectivity index (χ4v) is 5.20. The molecule has 0 radical (unpaired) electrons. The predicted molar refractivity (Wildman–Crippen MR) is 216 cm³/mol. The Kier molecular flexibility index (Phi) is 35.0. The van der Waals surface area contributed by atoms with Gasteiger partial charge in [0.05, 0.1) is 19.8 Å². The number of esters is 1. The third-order valence-electron chi connectivity index (χ3n) is 7.36. The summed E-state index contributed by atoms with van der Waals surface area (Å²) in [6.45, 7) is 3.43. The Morgan fingerprint density at radius 1 is 0.604 bits per heavy atom. The lowest BCUT2D eigenvalue weighted by molar-refractivity contribution is -0.154. The molecule has 0 bridgehead atoms. The molecule has 10 nitrogen and oxygen atoms in total. The maximum atomic E-state index is 12.6. The molecule has 0 fully saturated rings. The second-order valence-electron chi connectivity index (χ2n) is 12.3. The van der Waals surface area contributed by atoms with Crippen LogP contribution in [0.15, 0.2) is 97.2 Å². The normalized spacial score (nSPS) is 15.1. The van der Waals surface area contributed by atoms with E-state index in [0.29, 0.717) is 13.0 Å². The molecular formula is C42H68NO9P. The number of nitrogens with two attached hydrogens (primary N) is 1. The second kappa shape index (κ2) is 37.2. The Bertz CT molecular complexity index is 1200. The van der Waals surface area contributed by atoms with E-state index >= 15 is 0 Å². The minimum Gasteiger partial charge on any atom is -0.480 e. The molecule has 0 saturated heterocycles. The van der Waals surface area contributed by atoms with Crippen molar-refractivity contribution >= 4 is 19.8 Å². The van der Waals surface area contributed by atoms with Crippen LogP contribution in [0.3, 0.4) is 0 Å². The summed E-state index contributed by atoms with van der Waals surface area (Å²) in [4.78, 5) is 33.4. The summed E-state index contributed by atoms with van der Waals surface area (Å²) in [6.07, 6.45) is 47.6. The van der Waals surface area contributed by atoms with E-state index in [2.05, 4.69) is 116 Å². The third kappa shape index (κ3) is 37.0. The number of hydrogen-bond acceptors (Lipinski definition) is 8. The Morgan fingerprint density at radius 3 is 1.53 bits per heavy atom. The molecule has 300 valence electrons. The monoisotopic (exact) mass is 761 g/mol. The topological polar surface area (TPSA) is 155 Å². The molecule has 11 heteroatoms. The molecule has 53 heavy (non-hydrogen) atoms. The molecule has 0 aliphatic carbocycles. The molecule has 4 N–H and O–H groups in total. The van der Waals surface area contributed by atoms with Crippen molar-refractivity contribution in [1.82, 2.24) is 0 Å². The number of carboxylic acid groups (broad SMARTS) is 1. The van der Waals surface area contributed by atoms with Crippen molar-refractivity contribution in [3.63, 3.8) is 0 Å². The number of unbranched alkanes of at least 4 members (excludes halogenated alkanes) is 5. The first-order valence-electron chi connectivity index (χ1n) is 19.3. The average Bonchev–Trinajstić information content (AvgIpc) is 3.13. The van der Waals surface area contributed by atoms with E-state index < -0.39 is 45.1 Å². The van der Waals surface area contributed by atoms with Gasteiger partial charge in [-0.25, -0.2) is 4.57 Å². The lowest BCUT2D eigenvalue weighted by Gasteiger charge is -2.20. The molecule has 0 amide bonds. The van der Waals surface area contributed by atoms with E-state index in [1.165, 1.54) is 0 Å². The minimum absolute atomic E-state index is 0.0382. The molecule has 3 atom stereocenters. The van der Waals surface area contributed by atoms with Gasteiger partial charge >= 0.3 is 19.8 Å². The molecule has 0 aliphatic rings. The Labute approximate surface area is 319 Å². The van der Waals surface area contributed by atoms with Crippen molar-refractivity contribution < 1.29 is 42.7 Å². The van der Waals surface area contributed by atoms with Crippen LogP contribution in [-0.2, 0) is 32.7 Å². The number of hydrogen-bond donors (Lipinski definition) is 3. The Morgan fingerprint density at radius 2 is 1.04 bits per heavy atom. The SMILES string of the molecule is CC/C=C\C/C=C\C/C=C\C/C=C\CCCCCCC(=O)OC(COCCC/C=C\C/C=C\C/C=C\C/C=C\CC)COP(=O)(O)OCC(N)C(=O)O. The first-order valence-corrected chi connectivity index (χ1v) is 20.8. The highest BCUT2D eigenvalue weighted by molar-refractivity contribution is 7.47. The van der Waals surface area contributed by atoms with Crippen molar-refractivity contribution in [2.45, 2.75) is 129 Å². The second-order valence-corrected chi connectivity index (χ2v) is 13.7. The van der Waals surface area contributed by atoms with Crippen LogP contribution in [0, 0.1) is 0 Å². The van der Waals surface area contributed by atoms with E-state index in [1.54, 1.807) is 0 Å². The van der Waals surface area contributed by atoms with Gasteiger partial charge in [-0.2, -0.15) is 0 Å². The van der Waals surface area contributed by atoms with E-state index in [4.69, 9.17) is 24.8 Å². The van der Waals surface area contributed by atoms with Crippen LogP contribution in [0.5, 0.6) is 0 Å². The molecule has 0 aromatic carbocycles. The van der Waals surface area contributed by atoms with Crippen LogP contribution in [-0.4, -0.2) is 60.5 Å². The molecule has 0 aliphatic heterocycles. The van der Waals surface area contributed by atoms with Crippen LogP contribution in [0.1, 0.15) is 117 Å². The summed E-state index contributed by atoms with van der Waals surface area (Å²) in [5.74, 6) is -1.84. The highest BCUT2D eigenvalue weighted by atomic mass is 31.2. The number of phosphoric acid groups is 1. The van der Waals surface area contributed by atoms with Gasteiger partial charge in [-0.3, -0.25) is 18.6 Å². The highest BCUT2D eigenvalue weighted by Gasteiger charge is 2.27. The number of carboxylic acids is 1. The van der Waals surface area contributed by atoms with Gasteiger partial charge < -0.3 is 25.2 Å². The van der Waals surface area contributed by atoms with Gasteiger partial charge in [0.25, 0.3) is 0 Å². The first-order chi connectivity index (χ1) is 25.7. The van der Waals surface area contributed by atoms with Crippen LogP contribution < -0.4 is 5.73 Å². The summed E-state index contributed by atoms with van der Waals surface area (Å²) < 4.78 is 33.1. The molecule has 0 spiro atoms. The minimum atomic E-state index is -4.64. The van der Waals surface area contributed by atoms with Gasteiger partial charge in [0.2, 0.25) is 0 Å². The van der Waals surface area contributed by atoms with Crippen molar-refractivity contribution in [3.05, 3.63) is 97.2 Å². The van der Waals surface area contributed by atoms with Crippen molar-refractivity contribution in [1.29, 1.82) is 0 Å². The fraction of sp³-hybridized carbons (Fsp3) is 0.571. The lowest BCUT2D eigenvalue weighted by Crippen LogP contribution is -2.34. The van der Waals surface area contributed by atoms with Gasteiger partial charge in [0.1, 0.15) is 12.1 Å². The van der Waals surface area contributed by atoms with Crippen LogP contribution >= 0.6 is 7.82 Å². The summed E-state index contributed by atoms with van der Waals surface area (Å²) in [5.41, 5.74) is 5.33. The largest absolute Gasteiger partial charge is 0.480 e. The molecule has 0 rings (SSSR count). The van der Waals surface area contributed by atoms with Crippen LogP contribution in [0.4, 0.5) is 0 Å². The maximum absolute atomic E-state index is 12.6. The molecule has 0 aromatic rings. The van der Waals surface area contributed by atoms with Gasteiger partial charge in [-0.1, -0.05) is 124 Å². The summed E-state index contributed by atoms with van der Waals surface area (Å²) in [5, 5.41) is 8.87. The van der Waals surface area contributed by atoms with Gasteiger partial charge in [-0.05, 0) is 83.5 Å². The Balaban J connectivity index is 4.47. The van der Waals surface area contributed by atoms with Gasteiger partial charge in [-0.15, -0.1) is 0 Å². The number of carbonyl (C=O) groups is 2. The summed E-state index contributed by atoms with van der Waals surface area (Å²) >= 11 is 0. The zero-order chi connectivity index (χ0) is 39.1. The van der Waals surface area contributed by atoms with Gasteiger partial charge in [0, 0.05) is 13.0 Å². The van der Waals surface area contributed by atoms with E-state index in [-0.39, 0.29) is 13.0 Å². The highest BCUT2D eigenvalue weighted by Crippen LogP contribution is 2.43. The number of phosphoric ester groups is 1. The van der Waals surface area contributed by atoms with Crippen LogP contribution in [0.2, 0.25) is 0 Å². The van der Waals surface area contributed by atoms with E-state index in [0.717, 1.165) is 89.9 Å². The summed E-state index contributed by atoms with van der Waals surface area (Å²) in [6, 6.07) is -1.49. The molecule has 0 saturated carbocycles. The van der Waals surface area contributed by atoms with Crippen molar-refractivity contribution in [2.75, 3.05) is 26.4 Å². The maximum Gasteiger partial charge on any atom is 0.472 e. The smallest absolute Gasteiger partial charge is 0.472 e. The third-order valence-corrected chi connectivity index (χ3v) is 8.31. The van der Waals surface area contributed by atoms with Crippen molar-refractivity contribution in [3.8, 4) is 0 Å². The van der Waals surface area contributed by atoms with E-state index in [9.17, 15) is 19.0 Å². The quantitative estimate of drug-likeness (QED) is 0.0246. The Hall–Kier alpha value is -3.11. The zero-order valence-electron chi connectivity index (χ0n) is 32.3. The molecular weight excluding hydrogens is 693 g/mol. The number of rotatable bonds is 35. The first kappa shape index (κ1) is 49.9. The predicted octanol–water partition coefficient (Wildman–Crippen LogP) is 10.2. The molecule has 3 unspecified atom stereocenters. The molecule has 0 heterocycles. The van der Waals surface area contributed by atoms with Gasteiger partial charge in [0.15, 0.2) is 0 Å². The number of carbonyl (C=O) groups excluding carboxylic acids is 1.